The van der Waals surface area contributed by atoms with Crippen molar-refractivity contribution < 1.29 is 4.52 Å². The van der Waals surface area contributed by atoms with Crippen molar-refractivity contribution >= 4 is 12.4 Å². The van der Waals surface area contributed by atoms with Gasteiger partial charge in [-0.25, -0.2) is 0 Å². The third-order valence-corrected chi connectivity index (χ3v) is 3.25. The highest BCUT2D eigenvalue weighted by molar-refractivity contribution is 5.85. The molecule has 0 aromatic carbocycles. The maximum Gasteiger partial charge on any atom is 0.276 e. The van der Waals surface area contributed by atoms with Gasteiger partial charge in [0.1, 0.15) is 5.69 Å². The van der Waals surface area contributed by atoms with Gasteiger partial charge < -0.3 is 10.3 Å². The number of aromatic nitrogens is 3. The number of hydrogen-bond acceptors (Lipinski definition) is 5. The SMILES string of the molecule is Cl.NC1(c2noc(-c3ccccn3)n2)CCCC1. The van der Waals surface area contributed by atoms with E-state index in [1.165, 1.54) is 0 Å². The fraction of sp³-hybridized carbons (Fsp3) is 0.417. The minimum absolute atomic E-state index is 0. The minimum atomic E-state index is -0.406. The van der Waals surface area contributed by atoms with E-state index in [2.05, 4.69) is 15.1 Å². The molecule has 1 fully saturated rings. The van der Waals surface area contributed by atoms with Crippen LogP contribution in [0, 0.1) is 0 Å². The van der Waals surface area contributed by atoms with Crippen LogP contribution in [0.1, 0.15) is 31.5 Å². The smallest absolute Gasteiger partial charge is 0.276 e. The second kappa shape index (κ2) is 5.04. The Balaban J connectivity index is 0.00000120. The summed E-state index contributed by atoms with van der Waals surface area (Å²) in [6.45, 7) is 0. The third kappa shape index (κ3) is 2.23. The lowest BCUT2D eigenvalue weighted by atomic mass is 9.99. The fourth-order valence-electron chi connectivity index (χ4n) is 2.25. The Morgan fingerprint density at radius 3 is 2.67 bits per heavy atom. The van der Waals surface area contributed by atoms with E-state index in [-0.39, 0.29) is 12.4 Å². The molecule has 0 bridgehead atoms. The first-order chi connectivity index (χ1) is 8.28. The van der Waals surface area contributed by atoms with Crippen molar-refractivity contribution in [3.63, 3.8) is 0 Å². The molecule has 0 radical (unpaired) electrons. The molecule has 6 heteroatoms. The monoisotopic (exact) mass is 266 g/mol. The van der Waals surface area contributed by atoms with Crippen LogP contribution in [0.3, 0.4) is 0 Å². The highest BCUT2D eigenvalue weighted by atomic mass is 35.5. The standard InChI is InChI=1S/C12H14N4O.ClH/c13-12(6-2-3-7-12)11-15-10(17-16-11)9-5-1-4-8-14-9;/h1,4-5,8H,2-3,6-7,13H2;1H. The number of nitrogens with zero attached hydrogens (tertiary/aromatic N) is 3. The number of rotatable bonds is 2. The topological polar surface area (TPSA) is 77.8 Å². The predicted octanol–water partition coefficient (Wildman–Crippen LogP) is 2.28. The van der Waals surface area contributed by atoms with E-state index >= 15 is 0 Å². The molecule has 96 valence electrons. The van der Waals surface area contributed by atoms with Gasteiger partial charge in [-0.15, -0.1) is 12.4 Å². The molecule has 2 N–H and O–H groups in total. The van der Waals surface area contributed by atoms with Crippen molar-refractivity contribution in [1.82, 2.24) is 15.1 Å². The summed E-state index contributed by atoms with van der Waals surface area (Å²) in [5.74, 6) is 1.05. The van der Waals surface area contributed by atoms with Gasteiger partial charge in [-0.1, -0.05) is 24.1 Å². The van der Waals surface area contributed by atoms with Crippen molar-refractivity contribution in [3.05, 3.63) is 30.2 Å². The van der Waals surface area contributed by atoms with Crippen molar-refractivity contribution in [1.29, 1.82) is 0 Å². The van der Waals surface area contributed by atoms with Crippen molar-refractivity contribution in [2.45, 2.75) is 31.2 Å². The van der Waals surface area contributed by atoms with Crippen LogP contribution in [0.25, 0.3) is 11.6 Å². The van der Waals surface area contributed by atoms with Crippen LogP contribution in [0.5, 0.6) is 0 Å². The molecule has 0 aliphatic heterocycles. The molecular formula is C12H15ClN4O. The summed E-state index contributed by atoms with van der Waals surface area (Å²) in [4.78, 5) is 8.54. The van der Waals surface area contributed by atoms with E-state index in [4.69, 9.17) is 10.3 Å². The summed E-state index contributed by atoms with van der Waals surface area (Å²) in [5.41, 5.74) is 6.55. The highest BCUT2D eigenvalue weighted by Gasteiger charge is 2.36. The normalized spacial score (nSPS) is 17.4. The molecule has 5 nitrogen and oxygen atoms in total. The van der Waals surface area contributed by atoms with Crippen LogP contribution in [-0.4, -0.2) is 15.1 Å². The maximum absolute atomic E-state index is 6.27. The summed E-state index contributed by atoms with van der Waals surface area (Å²) < 4.78 is 5.22. The van der Waals surface area contributed by atoms with Gasteiger partial charge in [-0.3, -0.25) is 4.98 Å². The Morgan fingerprint density at radius 2 is 2.00 bits per heavy atom. The van der Waals surface area contributed by atoms with Gasteiger partial charge in [-0.05, 0) is 25.0 Å². The summed E-state index contributed by atoms with van der Waals surface area (Å²) in [6.07, 6.45) is 5.81. The van der Waals surface area contributed by atoms with Gasteiger partial charge >= 0.3 is 0 Å². The second-order valence-corrected chi connectivity index (χ2v) is 4.50. The van der Waals surface area contributed by atoms with Gasteiger partial charge in [0.2, 0.25) is 0 Å². The Bertz CT molecular complexity index is 508. The molecule has 0 amide bonds. The molecule has 0 saturated heterocycles. The zero-order valence-electron chi connectivity index (χ0n) is 9.87. The van der Waals surface area contributed by atoms with Gasteiger partial charge in [0.05, 0.1) is 5.54 Å². The largest absolute Gasteiger partial charge is 0.332 e. The first-order valence-electron chi connectivity index (χ1n) is 5.82. The minimum Gasteiger partial charge on any atom is -0.332 e. The Labute approximate surface area is 111 Å². The van der Waals surface area contributed by atoms with Gasteiger partial charge in [0.25, 0.3) is 5.89 Å². The van der Waals surface area contributed by atoms with E-state index < -0.39 is 5.54 Å². The van der Waals surface area contributed by atoms with Crippen LogP contribution in [0.2, 0.25) is 0 Å². The molecular weight excluding hydrogens is 252 g/mol. The van der Waals surface area contributed by atoms with E-state index in [1.54, 1.807) is 6.20 Å². The van der Waals surface area contributed by atoms with Gasteiger partial charge in [-0.2, -0.15) is 4.98 Å². The Morgan fingerprint density at radius 1 is 1.22 bits per heavy atom. The molecule has 0 spiro atoms. The fourth-order valence-corrected chi connectivity index (χ4v) is 2.25. The lowest BCUT2D eigenvalue weighted by molar-refractivity contribution is 0.372. The number of pyridine rings is 1. The van der Waals surface area contributed by atoms with Crippen LogP contribution in [-0.2, 0) is 5.54 Å². The number of halogens is 1. The molecule has 18 heavy (non-hydrogen) atoms. The molecule has 1 aliphatic carbocycles. The van der Waals surface area contributed by atoms with Gasteiger partial charge in [0.15, 0.2) is 5.82 Å². The summed E-state index contributed by atoms with van der Waals surface area (Å²) in [5, 5.41) is 4.00. The van der Waals surface area contributed by atoms with Crippen LogP contribution in [0.15, 0.2) is 28.9 Å². The van der Waals surface area contributed by atoms with Crippen molar-refractivity contribution in [2.24, 2.45) is 5.73 Å². The Hall–Kier alpha value is -1.46. The molecule has 2 aromatic rings. The van der Waals surface area contributed by atoms with E-state index in [0.29, 0.717) is 17.4 Å². The van der Waals surface area contributed by atoms with Crippen LogP contribution < -0.4 is 5.73 Å². The maximum atomic E-state index is 6.27. The zero-order valence-corrected chi connectivity index (χ0v) is 10.7. The molecule has 1 saturated carbocycles. The van der Waals surface area contributed by atoms with Crippen LogP contribution >= 0.6 is 12.4 Å². The molecule has 0 atom stereocenters. The molecule has 2 heterocycles. The first-order valence-corrected chi connectivity index (χ1v) is 5.82. The number of hydrogen-bond donors (Lipinski definition) is 1. The van der Waals surface area contributed by atoms with E-state index in [1.807, 2.05) is 18.2 Å². The van der Waals surface area contributed by atoms with Gasteiger partial charge in [0, 0.05) is 6.20 Å². The number of nitrogens with two attached hydrogens (primary N) is 1. The lowest BCUT2D eigenvalue weighted by Crippen LogP contribution is -2.34. The predicted molar refractivity (Wildman–Crippen MR) is 69.1 cm³/mol. The third-order valence-electron chi connectivity index (χ3n) is 3.25. The second-order valence-electron chi connectivity index (χ2n) is 4.50. The molecule has 3 rings (SSSR count). The molecule has 2 aromatic heterocycles. The summed E-state index contributed by atoms with van der Waals surface area (Å²) >= 11 is 0. The average molecular weight is 267 g/mol. The summed E-state index contributed by atoms with van der Waals surface area (Å²) in [7, 11) is 0. The molecule has 0 unspecified atom stereocenters. The van der Waals surface area contributed by atoms with E-state index in [9.17, 15) is 0 Å². The average Bonchev–Trinajstić information content (AvgIpc) is 2.99. The molecule has 1 aliphatic rings. The quantitative estimate of drug-likeness (QED) is 0.902. The summed E-state index contributed by atoms with van der Waals surface area (Å²) in [6, 6.07) is 5.58. The van der Waals surface area contributed by atoms with Crippen molar-refractivity contribution in [3.8, 4) is 11.6 Å². The highest BCUT2D eigenvalue weighted by Crippen LogP contribution is 2.35. The Kier molecular flexibility index (Phi) is 3.63. The van der Waals surface area contributed by atoms with E-state index in [0.717, 1.165) is 25.7 Å². The zero-order chi connectivity index (χ0) is 11.7. The van der Waals surface area contributed by atoms with Crippen molar-refractivity contribution in [2.75, 3.05) is 0 Å². The first kappa shape index (κ1) is 13.0. The van der Waals surface area contributed by atoms with Crippen LogP contribution in [0.4, 0.5) is 0 Å². The lowest BCUT2D eigenvalue weighted by Gasteiger charge is -2.17.